The third-order valence-corrected chi connectivity index (χ3v) is 3.18. The second-order valence-corrected chi connectivity index (χ2v) is 4.78. The quantitative estimate of drug-likeness (QED) is 0.837. The molecular weight excluding hydrogens is 276 g/mol. The topological polar surface area (TPSA) is 16.1 Å². The zero-order valence-corrected chi connectivity index (χ0v) is 11.6. The molecule has 0 radical (unpaired) electrons. The van der Waals surface area contributed by atoms with Gasteiger partial charge in [-0.3, -0.25) is 0 Å². The zero-order chi connectivity index (χ0) is 12.3. The van der Waals surface area contributed by atoms with Crippen LogP contribution in [0, 0.1) is 6.92 Å². The third kappa shape index (κ3) is 2.67. The van der Waals surface area contributed by atoms with E-state index in [0.29, 0.717) is 0 Å². The van der Waals surface area contributed by atoms with E-state index < -0.39 is 0 Å². The van der Waals surface area contributed by atoms with E-state index in [1.54, 1.807) is 0 Å². The number of rotatable bonds is 3. The number of halogens is 1. The Morgan fingerprint density at radius 1 is 1.18 bits per heavy atom. The fourth-order valence-corrected chi connectivity index (χ4v) is 2.08. The van der Waals surface area contributed by atoms with Crippen molar-refractivity contribution < 1.29 is 0 Å². The normalized spacial score (nSPS) is 10.3. The fourth-order valence-electron chi connectivity index (χ4n) is 1.85. The van der Waals surface area contributed by atoms with Crippen LogP contribution in [0.3, 0.4) is 0 Å². The Balaban J connectivity index is 2.40. The highest BCUT2D eigenvalue weighted by Gasteiger charge is 2.09. The Morgan fingerprint density at radius 2 is 1.94 bits per heavy atom. The molecule has 0 aliphatic rings. The number of hydrogen-bond acceptors (Lipinski definition) is 2. The average molecular weight is 291 g/mol. The average Bonchev–Trinajstić information content (AvgIpc) is 2.35. The van der Waals surface area contributed by atoms with Gasteiger partial charge < -0.3 is 4.90 Å². The predicted octanol–water partition coefficient (Wildman–Crippen LogP) is 4.31. The lowest BCUT2D eigenvalue weighted by atomic mass is 10.2. The Bertz CT molecular complexity index is 494. The van der Waals surface area contributed by atoms with Crippen LogP contribution in [0.4, 0.5) is 11.5 Å². The first-order valence-electron chi connectivity index (χ1n) is 5.67. The third-order valence-electron chi connectivity index (χ3n) is 2.71. The molecule has 1 aromatic heterocycles. The van der Waals surface area contributed by atoms with Gasteiger partial charge in [0.25, 0.3) is 0 Å². The molecule has 2 nitrogen and oxygen atoms in total. The van der Waals surface area contributed by atoms with Crippen LogP contribution in [0.15, 0.2) is 47.1 Å². The molecule has 0 fully saturated rings. The minimum Gasteiger partial charge on any atom is -0.326 e. The number of aromatic nitrogens is 1. The molecule has 0 aliphatic heterocycles. The van der Waals surface area contributed by atoms with E-state index in [2.05, 4.69) is 63.9 Å². The summed E-state index contributed by atoms with van der Waals surface area (Å²) in [4.78, 5) is 6.66. The van der Waals surface area contributed by atoms with Crippen LogP contribution >= 0.6 is 15.9 Å². The standard InChI is InChI=1S/C14H15BrN2/c1-3-17(13-7-5-4-6-11(13)2)14-9-8-12(15)10-16-14/h4-10H,3H2,1-2H3. The van der Waals surface area contributed by atoms with Gasteiger partial charge in [0.05, 0.1) is 0 Å². The summed E-state index contributed by atoms with van der Waals surface area (Å²) in [7, 11) is 0. The molecule has 2 aromatic rings. The van der Waals surface area contributed by atoms with Gasteiger partial charge in [-0.15, -0.1) is 0 Å². The van der Waals surface area contributed by atoms with Gasteiger partial charge in [0, 0.05) is 22.9 Å². The minimum atomic E-state index is 0.902. The van der Waals surface area contributed by atoms with E-state index in [0.717, 1.165) is 16.8 Å². The number of aryl methyl sites for hydroxylation is 1. The maximum atomic E-state index is 4.45. The first-order valence-corrected chi connectivity index (χ1v) is 6.46. The summed E-state index contributed by atoms with van der Waals surface area (Å²) in [5, 5.41) is 0. The van der Waals surface area contributed by atoms with Crippen molar-refractivity contribution in [2.75, 3.05) is 11.4 Å². The molecule has 0 aliphatic carbocycles. The number of nitrogens with zero attached hydrogens (tertiary/aromatic N) is 2. The van der Waals surface area contributed by atoms with Crippen LogP contribution in [-0.4, -0.2) is 11.5 Å². The van der Waals surface area contributed by atoms with Gasteiger partial charge >= 0.3 is 0 Å². The molecule has 0 saturated heterocycles. The van der Waals surface area contributed by atoms with Gasteiger partial charge in [0.15, 0.2) is 0 Å². The summed E-state index contributed by atoms with van der Waals surface area (Å²) in [5.74, 6) is 0.977. The maximum absolute atomic E-state index is 4.45. The highest BCUT2D eigenvalue weighted by molar-refractivity contribution is 9.10. The SMILES string of the molecule is CCN(c1ccc(Br)cn1)c1ccccc1C. The lowest BCUT2D eigenvalue weighted by molar-refractivity contribution is 0.982. The van der Waals surface area contributed by atoms with Crippen LogP contribution < -0.4 is 4.90 Å². The first-order chi connectivity index (χ1) is 8.22. The number of benzene rings is 1. The summed E-state index contributed by atoms with van der Waals surface area (Å²) in [6.07, 6.45) is 1.83. The second kappa shape index (κ2) is 5.32. The van der Waals surface area contributed by atoms with Crippen LogP contribution in [0.25, 0.3) is 0 Å². The van der Waals surface area contributed by atoms with Gasteiger partial charge in [0.1, 0.15) is 5.82 Å². The van der Waals surface area contributed by atoms with Gasteiger partial charge in [-0.25, -0.2) is 4.98 Å². The van der Waals surface area contributed by atoms with Crippen LogP contribution in [0.5, 0.6) is 0 Å². The first kappa shape index (κ1) is 12.1. The summed E-state index contributed by atoms with van der Waals surface area (Å²) in [5.41, 5.74) is 2.48. The molecule has 0 amide bonds. The van der Waals surface area contributed by atoms with E-state index in [1.165, 1.54) is 11.3 Å². The Morgan fingerprint density at radius 3 is 2.53 bits per heavy atom. The summed E-state index contributed by atoms with van der Waals surface area (Å²) < 4.78 is 1.00. The lowest BCUT2D eigenvalue weighted by Gasteiger charge is -2.23. The number of pyridine rings is 1. The second-order valence-electron chi connectivity index (χ2n) is 3.87. The molecule has 3 heteroatoms. The Hall–Kier alpha value is -1.35. The van der Waals surface area contributed by atoms with E-state index in [-0.39, 0.29) is 0 Å². The molecule has 1 aromatic carbocycles. The van der Waals surface area contributed by atoms with Crippen molar-refractivity contribution in [2.24, 2.45) is 0 Å². The smallest absolute Gasteiger partial charge is 0.132 e. The highest BCUT2D eigenvalue weighted by atomic mass is 79.9. The van der Waals surface area contributed by atoms with Crippen molar-refractivity contribution in [3.05, 3.63) is 52.6 Å². The van der Waals surface area contributed by atoms with Crippen LogP contribution in [0.2, 0.25) is 0 Å². The van der Waals surface area contributed by atoms with Crippen LogP contribution in [0.1, 0.15) is 12.5 Å². The molecule has 0 bridgehead atoms. The molecule has 0 saturated carbocycles. The van der Waals surface area contributed by atoms with E-state index in [1.807, 2.05) is 18.3 Å². The van der Waals surface area contributed by atoms with E-state index >= 15 is 0 Å². The molecular formula is C14H15BrN2. The van der Waals surface area contributed by atoms with Gasteiger partial charge in [-0.05, 0) is 53.5 Å². The van der Waals surface area contributed by atoms with E-state index in [9.17, 15) is 0 Å². The Labute approximate surface area is 110 Å². The Kier molecular flexibility index (Phi) is 3.79. The van der Waals surface area contributed by atoms with Gasteiger partial charge in [-0.2, -0.15) is 0 Å². The fraction of sp³-hybridized carbons (Fsp3) is 0.214. The van der Waals surface area contributed by atoms with Crippen molar-refractivity contribution in [3.63, 3.8) is 0 Å². The lowest BCUT2D eigenvalue weighted by Crippen LogP contribution is -2.18. The molecule has 88 valence electrons. The van der Waals surface area contributed by atoms with Crippen molar-refractivity contribution in [1.29, 1.82) is 0 Å². The van der Waals surface area contributed by atoms with Gasteiger partial charge in [-0.1, -0.05) is 18.2 Å². The van der Waals surface area contributed by atoms with Crippen LogP contribution in [-0.2, 0) is 0 Å². The molecule has 0 spiro atoms. The molecule has 17 heavy (non-hydrogen) atoms. The molecule has 2 rings (SSSR count). The minimum absolute atomic E-state index is 0.902. The monoisotopic (exact) mass is 290 g/mol. The largest absolute Gasteiger partial charge is 0.326 e. The summed E-state index contributed by atoms with van der Waals surface area (Å²) in [6.45, 7) is 5.16. The predicted molar refractivity (Wildman–Crippen MR) is 75.8 cm³/mol. The van der Waals surface area contributed by atoms with Gasteiger partial charge in [0.2, 0.25) is 0 Å². The van der Waals surface area contributed by atoms with Crippen molar-refractivity contribution >= 4 is 27.4 Å². The van der Waals surface area contributed by atoms with E-state index in [4.69, 9.17) is 0 Å². The molecule has 1 heterocycles. The number of para-hydroxylation sites is 1. The molecule has 0 N–H and O–H groups in total. The van der Waals surface area contributed by atoms with Crippen molar-refractivity contribution in [3.8, 4) is 0 Å². The molecule has 0 atom stereocenters. The number of hydrogen-bond donors (Lipinski definition) is 0. The maximum Gasteiger partial charge on any atom is 0.132 e. The highest BCUT2D eigenvalue weighted by Crippen LogP contribution is 2.26. The summed E-state index contributed by atoms with van der Waals surface area (Å²) >= 11 is 3.41. The van der Waals surface area contributed by atoms with Crippen molar-refractivity contribution in [1.82, 2.24) is 4.98 Å². The van der Waals surface area contributed by atoms with Crippen molar-refractivity contribution in [2.45, 2.75) is 13.8 Å². The zero-order valence-electron chi connectivity index (χ0n) is 10.0. The summed E-state index contributed by atoms with van der Waals surface area (Å²) in [6, 6.07) is 12.4. The molecule has 0 unspecified atom stereocenters. The number of anilines is 2.